The number of ether oxygens (including phenoxy) is 1. The van der Waals surface area contributed by atoms with Gasteiger partial charge in [0.25, 0.3) is 0 Å². The van der Waals surface area contributed by atoms with Gasteiger partial charge in [-0.25, -0.2) is 0 Å². The highest BCUT2D eigenvalue weighted by Crippen LogP contribution is 2.43. The SMILES string of the molecule is ON=C1CC2(CCN(Cc3ccccc3)CC2)Oc2c(Cl)cccc21. The molecule has 0 aliphatic carbocycles. The first-order valence-corrected chi connectivity index (χ1v) is 9.02. The molecule has 0 aromatic heterocycles. The number of hydrogen-bond acceptors (Lipinski definition) is 4. The molecular formula is C20H21ClN2O2. The van der Waals surface area contributed by atoms with Crippen LogP contribution in [0.15, 0.2) is 53.7 Å². The Morgan fingerprint density at radius 1 is 1.08 bits per heavy atom. The van der Waals surface area contributed by atoms with Crippen molar-refractivity contribution in [3.8, 4) is 5.75 Å². The molecule has 25 heavy (non-hydrogen) atoms. The fraction of sp³-hybridized carbons (Fsp3) is 0.350. The second-order valence-corrected chi connectivity index (χ2v) is 7.29. The number of nitrogens with zero attached hydrogens (tertiary/aromatic N) is 2. The molecule has 2 aliphatic heterocycles. The Hall–Kier alpha value is -2.04. The molecule has 0 amide bonds. The molecule has 1 saturated heterocycles. The molecular weight excluding hydrogens is 336 g/mol. The predicted molar refractivity (Wildman–Crippen MR) is 98.7 cm³/mol. The fourth-order valence-electron chi connectivity index (χ4n) is 3.82. The molecule has 1 fully saturated rings. The molecule has 0 atom stereocenters. The Labute approximate surface area is 152 Å². The fourth-order valence-corrected chi connectivity index (χ4v) is 4.03. The lowest BCUT2D eigenvalue weighted by molar-refractivity contribution is 0.000505. The molecule has 1 N–H and O–H groups in total. The van der Waals surface area contributed by atoms with Gasteiger partial charge in [-0.2, -0.15) is 0 Å². The van der Waals surface area contributed by atoms with Crippen LogP contribution in [0.1, 0.15) is 30.4 Å². The van der Waals surface area contributed by atoms with Gasteiger partial charge in [0.05, 0.1) is 10.7 Å². The predicted octanol–water partition coefficient (Wildman–Crippen LogP) is 4.34. The minimum absolute atomic E-state index is 0.327. The normalized spacial score (nSPS) is 21.1. The van der Waals surface area contributed by atoms with Gasteiger partial charge >= 0.3 is 0 Å². The first-order valence-electron chi connectivity index (χ1n) is 8.64. The molecule has 2 aromatic carbocycles. The molecule has 0 radical (unpaired) electrons. The van der Waals surface area contributed by atoms with E-state index in [1.165, 1.54) is 5.56 Å². The van der Waals surface area contributed by atoms with Crippen molar-refractivity contribution >= 4 is 17.3 Å². The van der Waals surface area contributed by atoms with E-state index in [0.717, 1.165) is 38.0 Å². The van der Waals surface area contributed by atoms with Crippen molar-refractivity contribution in [2.75, 3.05) is 13.1 Å². The summed E-state index contributed by atoms with van der Waals surface area (Å²) in [6.07, 6.45) is 2.41. The van der Waals surface area contributed by atoms with Crippen LogP contribution in [0.4, 0.5) is 0 Å². The molecule has 4 nitrogen and oxygen atoms in total. The number of likely N-dealkylation sites (tertiary alicyclic amines) is 1. The summed E-state index contributed by atoms with van der Waals surface area (Å²) in [7, 11) is 0. The Kier molecular flexibility index (Phi) is 4.40. The van der Waals surface area contributed by atoms with E-state index in [1.54, 1.807) is 0 Å². The number of para-hydroxylation sites is 1. The van der Waals surface area contributed by atoms with Crippen LogP contribution in [0.3, 0.4) is 0 Å². The maximum absolute atomic E-state index is 9.47. The maximum atomic E-state index is 9.47. The summed E-state index contributed by atoms with van der Waals surface area (Å²) in [5.41, 5.74) is 2.47. The topological polar surface area (TPSA) is 45.1 Å². The zero-order valence-electron chi connectivity index (χ0n) is 14.0. The van der Waals surface area contributed by atoms with Gasteiger partial charge in [0.2, 0.25) is 0 Å². The molecule has 130 valence electrons. The van der Waals surface area contributed by atoms with Gasteiger partial charge in [0, 0.05) is 44.5 Å². The number of hydrogen-bond donors (Lipinski definition) is 1. The zero-order chi connectivity index (χ0) is 17.3. The van der Waals surface area contributed by atoms with Gasteiger partial charge in [0.1, 0.15) is 11.4 Å². The Morgan fingerprint density at radius 2 is 1.84 bits per heavy atom. The van der Waals surface area contributed by atoms with Crippen LogP contribution in [0, 0.1) is 0 Å². The van der Waals surface area contributed by atoms with Crippen molar-refractivity contribution in [3.63, 3.8) is 0 Å². The van der Waals surface area contributed by atoms with E-state index in [1.807, 2.05) is 24.3 Å². The average molecular weight is 357 g/mol. The van der Waals surface area contributed by atoms with Gasteiger partial charge in [-0.3, -0.25) is 4.90 Å². The Morgan fingerprint density at radius 3 is 2.56 bits per heavy atom. The van der Waals surface area contributed by atoms with Gasteiger partial charge in [-0.15, -0.1) is 0 Å². The highest BCUT2D eigenvalue weighted by atomic mass is 35.5. The van der Waals surface area contributed by atoms with E-state index < -0.39 is 0 Å². The summed E-state index contributed by atoms with van der Waals surface area (Å²) in [6.45, 7) is 2.86. The van der Waals surface area contributed by atoms with Gasteiger partial charge in [0.15, 0.2) is 0 Å². The van der Waals surface area contributed by atoms with Crippen molar-refractivity contribution in [3.05, 3.63) is 64.7 Å². The third kappa shape index (κ3) is 3.24. The number of rotatable bonds is 2. The minimum Gasteiger partial charge on any atom is -0.485 e. The molecule has 0 bridgehead atoms. The molecule has 4 rings (SSSR count). The van der Waals surface area contributed by atoms with Crippen molar-refractivity contribution in [1.29, 1.82) is 0 Å². The van der Waals surface area contributed by atoms with Crippen LogP contribution in [0.5, 0.6) is 5.75 Å². The number of piperidine rings is 1. The first kappa shape index (κ1) is 16.4. The first-order chi connectivity index (χ1) is 12.2. The summed E-state index contributed by atoms with van der Waals surface area (Å²) in [6, 6.07) is 16.1. The highest BCUT2D eigenvalue weighted by molar-refractivity contribution is 6.33. The summed E-state index contributed by atoms with van der Waals surface area (Å²) in [5.74, 6) is 0.653. The van der Waals surface area contributed by atoms with E-state index in [9.17, 15) is 5.21 Å². The van der Waals surface area contributed by atoms with Crippen molar-refractivity contribution in [1.82, 2.24) is 4.90 Å². The van der Waals surface area contributed by atoms with E-state index in [4.69, 9.17) is 16.3 Å². The summed E-state index contributed by atoms with van der Waals surface area (Å²) in [4.78, 5) is 2.45. The van der Waals surface area contributed by atoms with E-state index >= 15 is 0 Å². The van der Waals surface area contributed by atoms with Crippen LogP contribution in [-0.4, -0.2) is 34.5 Å². The van der Waals surface area contributed by atoms with Crippen molar-refractivity contribution in [2.45, 2.75) is 31.4 Å². The van der Waals surface area contributed by atoms with E-state index in [-0.39, 0.29) is 5.60 Å². The van der Waals surface area contributed by atoms with Crippen molar-refractivity contribution < 1.29 is 9.94 Å². The average Bonchev–Trinajstić information content (AvgIpc) is 2.65. The Balaban J connectivity index is 1.50. The molecule has 1 spiro atoms. The smallest absolute Gasteiger partial charge is 0.147 e. The molecule has 2 aromatic rings. The lowest BCUT2D eigenvalue weighted by Crippen LogP contribution is -2.51. The van der Waals surface area contributed by atoms with Crippen LogP contribution in [0.25, 0.3) is 0 Å². The summed E-state index contributed by atoms with van der Waals surface area (Å²) < 4.78 is 6.37. The quantitative estimate of drug-likeness (QED) is 0.643. The van der Waals surface area contributed by atoms with Crippen LogP contribution in [0.2, 0.25) is 5.02 Å². The van der Waals surface area contributed by atoms with E-state index in [0.29, 0.717) is 22.9 Å². The Bertz CT molecular complexity index is 784. The van der Waals surface area contributed by atoms with Crippen LogP contribution >= 0.6 is 11.6 Å². The second-order valence-electron chi connectivity index (χ2n) is 6.89. The zero-order valence-corrected chi connectivity index (χ0v) is 14.7. The standard InChI is InChI=1S/C20H21ClN2O2/c21-17-8-4-7-16-18(22-24)13-20(25-19(16)17)9-11-23(12-10-20)14-15-5-2-1-3-6-15/h1-8,24H,9-14H2. The van der Waals surface area contributed by atoms with E-state index in [2.05, 4.69) is 34.3 Å². The number of oxime groups is 1. The molecule has 5 heteroatoms. The van der Waals surface area contributed by atoms with Gasteiger partial charge in [-0.1, -0.05) is 53.2 Å². The van der Waals surface area contributed by atoms with Crippen LogP contribution < -0.4 is 4.74 Å². The lowest BCUT2D eigenvalue weighted by Gasteiger charge is -2.44. The third-order valence-electron chi connectivity index (χ3n) is 5.22. The number of halogens is 1. The van der Waals surface area contributed by atoms with Crippen molar-refractivity contribution in [2.24, 2.45) is 5.16 Å². The largest absolute Gasteiger partial charge is 0.485 e. The lowest BCUT2D eigenvalue weighted by atomic mass is 9.82. The van der Waals surface area contributed by atoms with Crippen LogP contribution in [-0.2, 0) is 6.54 Å². The maximum Gasteiger partial charge on any atom is 0.147 e. The summed E-state index contributed by atoms with van der Waals surface area (Å²) in [5, 5.41) is 13.6. The molecule has 2 aliphatic rings. The molecule has 0 saturated carbocycles. The highest BCUT2D eigenvalue weighted by Gasteiger charge is 2.42. The monoisotopic (exact) mass is 356 g/mol. The number of fused-ring (bicyclic) bond motifs is 1. The van der Waals surface area contributed by atoms with Gasteiger partial charge in [-0.05, 0) is 17.7 Å². The summed E-state index contributed by atoms with van der Waals surface area (Å²) >= 11 is 6.33. The molecule has 0 unspecified atom stereocenters. The second kappa shape index (κ2) is 6.70. The van der Waals surface area contributed by atoms with Gasteiger partial charge < -0.3 is 9.94 Å². The third-order valence-corrected chi connectivity index (χ3v) is 5.52. The number of benzene rings is 2. The molecule has 2 heterocycles. The minimum atomic E-state index is -0.327.